The van der Waals surface area contributed by atoms with E-state index in [-0.39, 0.29) is 12.3 Å². The summed E-state index contributed by atoms with van der Waals surface area (Å²) in [6.45, 7) is 3.97. The quantitative estimate of drug-likeness (QED) is 0.552. The molecule has 7 heteroatoms. The molecule has 0 bridgehead atoms. The summed E-state index contributed by atoms with van der Waals surface area (Å²) in [5, 5.41) is 13.7. The Morgan fingerprint density at radius 3 is 2.40 bits per heavy atom. The van der Waals surface area contributed by atoms with Crippen LogP contribution in [-0.4, -0.2) is 42.8 Å². The van der Waals surface area contributed by atoms with E-state index in [9.17, 15) is 14.4 Å². The molecule has 0 aliphatic heterocycles. The molecule has 0 radical (unpaired) electrons. The van der Waals surface area contributed by atoms with Crippen LogP contribution >= 0.6 is 0 Å². The molecule has 3 N–H and O–H groups in total. The highest BCUT2D eigenvalue weighted by atomic mass is 16.5. The summed E-state index contributed by atoms with van der Waals surface area (Å²) in [6.07, 6.45) is 2.33. The minimum Gasteiger partial charge on any atom is -0.481 e. The lowest BCUT2D eigenvalue weighted by Crippen LogP contribution is -2.45. The topological polar surface area (TPSA) is 105 Å². The van der Waals surface area contributed by atoms with Crippen molar-refractivity contribution in [2.24, 2.45) is 5.92 Å². The third-order valence-electron chi connectivity index (χ3n) is 3.08. The van der Waals surface area contributed by atoms with E-state index in [1.165, 1.54) is 14.0 Å². The summed E-state index contributed by atoms with van der Waals surface area (Å²) in [4.78, 5) is 33.1. The molecular formula is C13H24N2O5. The number of esters is 1. The molecule has 0 aliphatic carbocycles. The molecule has 0 saturated carbocycles. The first-order chi connectivity index (χ1) is 9.40. The lowest BCUT2D eigenvalue weighted by molar-refractivity contribution is -0.142. The Labute approximate surface area is 119 Å². The number of ether oxygens (including phenoxy) is 1. The van der Waals surface area contributed by atoms with Crippen molar-refractivity contribution < 1.29 is 24.2 Å². The lowest BCUT2D eigenvalue weighted by atomic mass is 9.97. The van der Waals surface area contributed by atoms with E-state index >= 15 is 0 Å². The predicted molar refractivity (Wildman–Crippen MR) is 73.3 cm³/mol. The number of nitrogens with one attached hydrogen (secondary N) is 2. The minimum atomic E-state index is -0.805. The molecule has 0 saturated heterocycles. The number of hydrogen-bond donors (Lipinski definition) is 3. The maximum atomic E-state index is 11.5. The van der Waals surface area contributed by atoms with E-state index in [0.29, 0.717) is 19.4 Å². The predicted octanol–water partition coefficient (Wildman–Crippen LogP) is 1.13. The number of rotatable bonds is 9. The molecule has 0 heterocycles. The molecule has 2 atom stereocenters. The Morgan fingerprint density at radius 2 is 1.90 bits per heavy atom. The maximum absolute atomic E-state index is 11.5. The van der Waals surface area contributed by atoms with Crippen LogP contribution in [0.5, 0.6) is 0 Å². The second kappa shape index (κ2) is 10.1. The monoisotopic (exact) mass is 288 g/mol. The van der Waals surface area contributed by atoms with Crippen LogP contribution in [0, 0.1) is 5.92 Å². The van der Waals surface area contributed by atoms with Crippen molar-refractivity contribution in [3.63, 3.8) is 0 Å². The molecule has 0 rings (SSSR count). The Morgan fingerprint density at radius 1 is 1.25 bits per heavy atom. The van der Waals surface area contributed by atoms with Crippen LogP contribution in [0.4, 0.5) is 4.79 Å². The minimum absolute atomic E-state index is 0.143. The molecule has 0 aromatic rings. The van der Waals surface area contributed by atoms with Crippen LogP contribution < -0.4 is 10.6 Å². The fourth-order valence-corrected chi connectivity index (χ4v) is 1.75. The second-order valence-electron chi connectivity index (χ2n) is 4.64. The smallest absolute Gasteiger partial charge is 0.328 e. The Kier molecular flexibility index (Phi) is 9.15. The number of amides is 2. The summed E-state index contributed by atoms with van der Waals surface area (Å²) in [5.74, 6) is -1.04. The van der Waals surface area contributed by atoms with Gasteiger partial charge in [0, 0.05) is 13.0 Å². The van der Waals surface area contributed by atoms with Gasteiger partial charge in [0.2, 0.25) is 0 Å². The van der Waals surface area contributed by atoms with E-state index in [4.69, 9.17) is 5.11 Å². The average molecular weight is 288 g/mol. The molecule has 0 fully saturated rings. The zero-order valence-electron chi connectivity index (χ0n) is 12.3. The summed E-state index contributed by atoms with van der Waals surface area (Å²) in [7, 11) is 1.26. The number of methoxy groups -OCH3 is 1. The number of hydrogen-bond acceptors (Lipinski definition) is 4. The van der Waals surface area contributed by atoms with Crippen LogP contribution in [0.3, 0.4) is 0 Å². The van der Waals surface area contributed by atoms with Crippen LogP contribution in [0.15, 0.2) is 0 Å². The van der Waals surface area contributed by atoms with Gasteiger partial charge in [-0.05, 0) is 25.7 Å². The Balaban J connectivity index is 3.88. The van der Waals surface area contributed by atoms with E-state index in [1.807, 2.05) is 6.92 Å². The van der Waals surface area contributed by atoms with E-state index in [2.05, 4.69) is 15.4 Å². The number of carbonyl (C=O) groups is 3. The molecule has 0 aromatic carbocycles. The highest BCUT2D eigenvalue weighted by molar-refractivity contribution is 5.83. The summed E-state index contributed by atoms with van der Waals surface area (Å²) in [5.41, 5.74) is 0. The van der Waals surface area contributed by atoms with Crippen molar-refractivity contribution in [3.8, 4) is 0 Å². The van der Waals surface area contributed by atoms with Gasteiger partial charge in [0.25, 0.3) is 0 Å². The van der Waals surface area contributed by atoms with Crippen LogP contribution in [0.25, 0.3) is 0 Å². The van der Waals surface area contributed by atoms with E-state index in [1.54, 1.807) is 0 Å². The van der Waals surface area contributed by atoms with E-state index < -0.39 is 24.0 Å². The van der Waals surface area contributed by atoms with Gasteiger partial charge in [-0.25, -0.2) is 9.59 Å². The molecule has 0 spiro atoms. The molecule has 116 valence electrons. The van der Waals surface area contributed by atoms with Crippen LogP contribution in [0.2, 0.25) is 0 Å². The summed E-state index contributed by atoms with van der Waals surface area (Å²) >= 11 is 0. The van der Waals surface area contributed by atoms with Gasteiger partial charge in [-0.15, -0.1) is 0 Å². The fourth-order valence-electron chi connectivity index (χ4n) is 1.75. The third kappa shape index (κ3) is 8.34. The lowest BCUT2D eigenvalue weighted by Gasteiger charge is -2.15. The first-order valence-corrected chi connectivity index (χ1v) is 6.74. The van der Waals surface area contributed by atoms with Crippen molar-refractivity contribution in [3.05, 3.63) is 0 Å². The molecule has 2 unspecified atom stereocenters. The van der Waals surface area contributed by atoms with Gasteiger partial charge in [-0.2, -0.15) is 0 Å². The third-order valence-corrected chi connectivity index (χ3v) is 3.08. The van der Waals surface area contributed by atoms with E-state index in [0.717, 1.165) is 6.42 Å². The molecule has 7 nitrogen and oxygen atoms in total. The molecule has 20 heavy (non-hydrogen) atoms. The highest BCUT2D eigenvalue weighted by Crippen LogP contribution is 2.14. The number of carboxylic acids is 1. The standard InChI is InChI=1S/C13H24N2O5/c1-4-10(5-6-11(16)17)7-8-14-13(19)15-9(2)12(18)20-3/h9-10H,4-8H2,1-3H3,(H,16,17)(H2,14,15,19). The van der Waals surface area contributed by atoms with Gasteiger partial charge in [-0.1, -0.05) is 13.3 Å². The Hall–Kier alpha value is -1.79. The number of carboxylic acid groups (broad SMARTS) is 1. The molecule has 0 aliphatic rings. The van der Waals surface area contributed by atoms with Gasteiger partial charge in [0.15, 0.2) is 0 Å². The summed E-state index contributed by atoms with van der Waals surface area (Å²) in [6, 6.07) is -1.13. The molecular weight excluding hydrogens is 264 g/mol. The van der Waals surface area contributed by atoms with Crippen molar-refractivity contribution in [1.82, 2.24) is 10.6 Å². The number of carbonyl (C=O) groups excluding carboxylic acids is 2. The van der Waals surface area contributed by atoms with Crippen LogP contribution in [-0.2, 0) is 14.3 Å². The number of aliphatic carboxylic acids is 1. The van der Waals surface area contributed by atoms with Gasteiger partial charge in [0.1, 0.15) is 6.04 Å². The van der Waals surface area contributed by atoms with Crippen molar-refractivity contribution in [2.45, 2.75) is 45.6 Å². The maximum Gasteiger partial charge on any atom is 0.328 e. The second-order valence-corrected chi connectivity index (χ2v) is 4.64. The average Bonchev–Trinajstić information content (AvgIpc) is 2.41. The zero-order chi connectivity index (χ0) is 15.5. The fraction of sp³-hybridized carbons (Fsp3) is 0.769. The first-order valence-electron chi connectivity index (χ1n) is 6.74. The van der Waals surface area contributed by atoms with Gasteiger partial charge in [0.05, 0.1) is 7.11 Å². The van der Waals surface area contributed by atoms with Crippen LogP contribution in [0.1, 0.15) is 39.5 Å². The van der Waals surface area contributed by atoms with Crippen molar-refractivity contribution in [2.75, 3.05) is 13.7 Å². The molecule has 2 amide bonds. The van der Waals surface area contributed by atoms with Gasteiger partial charge < -0.3 is 20.5 Å². The van der Waals surface area contributed by atoms with Gasteiger partial charge in [-0.3, -0.25) is 4.79 Å². The summed E-state index contributed by atoms with van der Waals surface area (Å²) < 4.78 is 4.49. The largest absolute Gasteiger partial charge is 0.481 e. The van der Waals surface area contributed by atoms with Gasteiger partial charge >= 0.3 is 18.0 Å². The molecule has 0 aromatic heterocycles. The Bertz CT molecular complexity index is 333. The number of urea groups is 1. The SMILES string of the molecule is CCC(CCNC(=O)NC(C)C(=O)OC)CCC(=O)O. The van der Waals surface area contributed by atoms with Crippen molar-refractivity contribution in [1.29, 1.82) is 0 Å². The van der Waals surface area contributed by atoms with Crippen molar-refractivity contribution >= 4 is 18.0 Å². The normalized spacial score (nSPS) is 13.2. The first kappa shape index (κ1) is 18.2. The highest BCUT2D eigenvalue weighted by Gasteiger charge is 2.15. The zero-order valence-corrected chi connectivity index (χ0v) is 12.3.